The lowest BCUT2D eigenvalue weighted by Gasteiger charge is -2.19. The molecule has 1 atom stereocenters. The number of aryl methyl sites for hydroxylation is 2. The number of para-hydroxylation sites is 1. The van der Waals surface area contributed by atoms with Crippen LogP contribution in [0.15, 0.2) is 64.1 Å². The van der Waals surface area contributed by atoms with Gasteiger partial charge < -0.3 is 14.5 Å². The zero-order valence-corrected chi connectivity index (χ0v) is 21.2. The molecule has 10 heteroatoms. The molecule has 0 unspecified atom stereocenters. The van der Waals surface area contributed by atoms with E-state index in [1.54, 1.807) is 24.3 Å². The van der Waals surface area contributed by atoms with E-state index < -0.39 is 22.8 Å². The third-order valence-electron chi connectivity index (χ3n) is 5.47. The normalized spacial score (nSPS) is 11.9. The summed E-state index contributed by atoms with van der Waals surface area (Å²) in [4.78, 5) is 35.6. The van der Waals surface area contributed by atoms with Gasteiger partial charge in [-0.1, -0.05) is 32.0 Å². The average Bonchev–Trinajstić information content (AvgIpc) is 3.32. The Bertz CT molecular complexity index is 1260. The van der Waals surface area contributed by atoms with Gasteiger partial charge in [-0.15, -0.1) is 0 Å². The van der Waals surface area contributed by atoms with E-state index in [-0.39, 0.29) is 18.2 Å². The number of carbonyl (C=O) groups is 2. The molecule has 0 fully saturated rings. The largest absolute Gasteiger partial charge is 0.483 e. The number of non-ortho nitro benzene ring substituents is 1. The fraction of sp³-hybridized carbons (Fsp3) is 0.296. The van der Waals surface area contributed by atoms with Crippen LogP contribution in [-0.4, -0.2) is 35.6 Å². The molecule has 10 nitrogen and oxygen atoms in total. The second-order valence-corrected chi connectivity index (χ2v) is 9.00. The quantitative estimate of drug-likeness (QED) is 0.223. The zero-order chi connectivity index (χ0) is 26.9. The van der Waals surface area contributed by atoms with Crippen LogP contribution in [0, 0.1) is 29.9 Å². The van der Waals surface area contributed by atoms with E-state index in [1.807, 2.05) is 45.9 Å². The van der Waals surface area contributed by atoms with E-state index in [4.69, 9.17) is 9.15 Å². The molecular formula is C27H30N4O6. The number of carbonyl (C=O) groups excluding carboxylic acids is 2. The molecule has 0 radical (unpaired) electrons. The van der Waals surface area contributed by atoms with Crippen molar-refractivity contribution in [1.29, 1.82) is 0 Å². The predicted octanol–water partition coefficient (Wildman–Crippen LogP) is 4.53. The number of ether oxygens (including phenoxy) is 1. The van der Waals surface area contributed by atoms with Crippen molar-refractivity contribution in [3.8, 4) is 17.1 Å². The van der Waals surface area contributed by atoms with Crippen LogP contribution in [0.4, 0.5) is 5.69 Å². The van der Waals surface area contributed by atoms with E-state index in [9.17, 15) is 19.7 Å². The number of nitrogens with one attached hydrogen (secondary N) is 2. The maximum Gasteiger partial charge on any atom is 0.269 e. The second kappa shape index (κ2) is 12.5. The number of hydrazone groups is 1. The van der Waals surface area contributed by atoms with Crippen molar-refractivity contribution in [2.75, 3.05) is 6.61 Å². The maximum absolute atomic E-state index is 12.7. The number of nitro benzene ring substituents is 1. The Balaban J connectivity index is 1.57. The van der Waals surface area contributed by atoms with Crippen molar-refractivity contribution in [3.63, 3.8) is 0 Å². The first-order valence-electron chi connectivity index (χ1n) is 11.8. The third-order valence-corrected chi connectivity index (χ3v) is 5.47. The van der Waals surface area contributed by atoms with Gasteiger partial charge in [-0.2, -0.15) is 5.10 Å². The molecule has 1 aromatic heterocycles. The van der Waals surface area contributed by atoms with Crippen molar-refractivity contribution in [1.82, 2.24) is 10.7 Å². The molecule has 194 valence electrons. The van der Waals surface area contributed by atoms with Crippen LogP contribution in [0.25, 0.3) is 11.3 Å². The van der Waals surface area contributed by atoms with Crippen molar-refractivity contribution >= 4 is 23.7 Å². The zero-order valence-electron chi connectivity index (χ0n) is 21.2. The summed E-state index contributed by atoms with van der Waals surface area (Å²) in [5, 5.41) is 17.5. The summed E-state index contributed by atoms with van der Waals surface area (Å²) >= 11 is 0. The van der Waals surface area contributed by atoms with Crippen LogP contribution in [0.2, 0.25) is 0 Å². The van der Waals surface area contributed by atoms with Crippen LogP contribution < -0.4 is 15.5 Å². The molecule has 3 rings (SSSR count). The number of rotatable bonds is 11. The molecular weight excluding hydrogens is 476 g/mol. The highest BCUT2D eigenvalue weighted by Crippen LogP contribution is 2.24. The first kappa shape index (κ1) is 27.1. The van der Waals surface area contributed by atoms with Gasteiger partial charge >= 0.3 is 0 Å². The fourth-order valence-electron chi connectivity index (χ4n) is 3.67. The molecule has 0 spiro atoms. The van der Waals surface area contributed by atoms with Gasteiger partial charge in [0.05, 0.1) is 11.1 Å². The molecule has 37 heavy (non-hydrogen) atoms. The Hall–Kier alpha value is -4.47. The number of amides is 2. The fourth-order valence-corrected chi connectivity index (χ4v) is 3.67. The Morgan fingerprint density at radius 3 is 2.38 bits per heavy atom. The molecule has 1 heterocycles. The van der Waals surface area contributed by atoms with Crippen molar-refractivity contribution < 1.29 is 23.7 Å². The summed E-state index contributed by atoms with van der Waals surface area (Å²) in [6, 6.07) is 14.2. The minimum absolute atomic E-state index is 0.0142. The minimum Gasteiger partial charge on any atom is -0.483 e. The first-order valence-corrected chi connectivity index (χ1v) is 11.8. The van der Waals surface area contributed by atoms with Gasteiger partial charge in [0.15, 0.2) is 6.61 Å². The Morgan fingerprint density at radius 1 is 1.08 bits per heavy atom. The molecule has 0 aliphatic rings. The second-order valence-electron chi connectivity index (χ2n) is 9.00. The van der Waals surface area contributed by atoms with E-state index in [2.05, 4.69) is 15.8 Å². The molecule has 0 bridgehead atoms. The summed E-state index contributed by atoms with van der Waals surface area (Å²) in [7, 11) is 0. The number of hydrogen-bond acceptors (Lipinski definition) is 7. The molecule has 0 aliphatic carbocycles. The van der Waals surface area contributed by atoms with Gasteiger partial charge in [0, 0.05) is 17.7 Å². The maximum atomic E-state index is 12.7. The van der Waals surface area contributed by atoms with Gasteiger partial charge in [-0.05, 0) is 61.6 Å². The summed E-state index contributed by atoms with van der Waals surface area (Å²) in [6.45, 7) is 7.49. The molecule has 0 saturated carbocycles. The van der Waals surface area contributed by atoms with Crippen molar-refractivity contribution in [2.24, 2.45) is 11.0 Å². The Labute approximate surface area is 214 Å². The van der Waals surface area contributed by atoms with Crippen molar-refractivity contribution in [3.05, 3.63) is 81.6 Å². The number of furan rings is 1. The van der Waals surface area contributed by atoms with Gasteiger partial charge in [0.2, 0.25) is 0 Å². The third kappa shape index (κ3) is 7.76. The van der Waals surface area contributed by atoms with Crippen LogP contribution in [0.1, 0.15) is 37.2 Å². The SMILES string of the molecule is Cc1cccc(C)c1OCC(=O)N[C@H](CC(C)C)C(=O)N/N=C\c1ccc(-c2ccc([N+](=O)[O-])cc2)o1. The molecule has 3 aromatic rings. The molecule has 2 N–H and O–H groups in total. The first-order chi connectivity index (χ1) is 17.6. The number of hydrogen-bond donors (Lipinski definition) is 2. The van der Waals surface area contributed by atoms with E-state index in [0.29, 0.717) is 29.3 Å². The number of nitro groups is 1. The standard InChI is InChI=1S/C27H30N4O6/c1-17(2)14-23(29-25(32)16-36-26-18(3)6-5-7-19(26)4)27(33)30-28-15-22-12-13-24(37-22)20-8-10-21(11-9-20)31(34)35/h5-13,15,17,23H,14,16H2,1-4H3,(H,29,32)(H,30,33)/b28-15-/t23-/m1/s1. The van der Waals surface area contributed by atoms with E-state index >= 15 is 0 Å². The molecule has 0 aliphatic heterocycles. The predicted molar refractivity (Wildman–Crippen MR) is 139 cm³/mol. The van der Waals surface area contributed by atoms with E-state index in [0.717, 1.165) is 11.1 Å². The highest BCUT2D eigenvalue weighted by Gasteiger charge is 2.22. The summed E-state index contributed by atoms with van der Waals surface area (Å²) in [5.74, 6) is 0.794. The molecule has 0 saturated heterocycles. The monoisotopic (exact) mass is 506 g/mol. The summed E-state index contributed by atoms with van der Waals surface area (Å²) in [6.07, 6.45) is 1.76. The van der Waals surface area contributed by atoms with Gasteiger partial charge in [0.1, 0.15) is 23.3 Å². The van der Waals surface area contributed by atoms with Gasteiger partial charge in [-0.3, -0.25) is 19.7 Å². The summed E-state index contributed by atoms with van der Waals surface area (Å²) < 4.78 is 11.4. The van der Waals surface area contributed by atoms with Crippen LogP contribution in [0.5, 0.6) is 5.75 Å². The van der Waals surface area contributed by atoms with E-state index in [1.165, 1.54) is 18.3 Å². The lowest BCUT2D eigenvalue weighted by molar-refractivity contribution is -0.384. The Morgan fingerprint density at radius 2 is 1.76 bits per heavy atom. The number of benzene rings is 2. The van der Waals surface area contributed by atoms with Gasteiger partial charge in [0.25, 0.3) is 17.5 Å². The van der Waals surface area contributed by atoms with Gasteiger partial charge in [-0.25, -0.2) is 5.43 Å². The highest BCUT2D eigenvalue weighted by atomic mass is 16.6. The highest BCUT2D eigenvalue weighted by molar-refractivity contribution is 5.89. The Kier molecular flexibility index (Phi) is 9.15. The molecule has 2 amide bonds. The van der Waals surface area contributed by atoms with Crippen molar-refractivity contribution in [2.45, 2.75) is 40.2 Å². The smallest absolute Gasteiger partial charge is 0.269 e. The molecule has 2 aromatic carbocycles. The van der Waals surface area contributed by atoms with Crippen LogP contribution in [0.3, 0.4) is 0 Å². The minimum atomic E-state index is -0.793. The summed E-state index contributed by atoms with van der Waals surface area (Å²) in [5.41, 5.74) is 4.94. The number of nitrogens with zero attached hydrogens (tertiary/aromatic N) is 2. The topological polar surface area (TPSA) is 136 Å². The van der Waals surface area contributed by atoms with Crippen LogP contribution in [-0.2, 0) is 9.59 Å². The lowest BCUT2D eigenvalue weighted by Crippen LogP contribution is -2.47. The lowest BCUT2D eigenvalue weighted by atomic mass is 10.0. The average molecular weight is 507 g/mol. The van der Waals surface area contributed by atoms with Crippen LogP contribution >= 0.6 is 0 Å².